The maximum absolute atomic E-state index is 5.24. The van der Waals surface area contributed by atoms with Crippen molar-refractivity contribution in [2.75, 3.05) is 32.1 Å². The summed E-state index contributed by atoms with van der Waals surface area (Å²) in [7, 11) is 0. The Balaban J connectivity index is 1.81. The number of nitrogens with one attached hydrogen (secondary N) is 2. The molecule has 15 heavy (non-hydrogen) atoms. The summed E-state index contributed by atoms with van der Waals surface area (Å²) in [6, 6.07) is 0. The fourth-order valence-electron chi connectivity index (χ4n) is 1.12. The molecule has 0 aliphatic heterocycles. The van der Waals surface area contributed by atoms with Crippen molar-refractivity contribution in [3.8, 4) is 0 Å². The number of H-pyrrole nitrogens is 1. The summed E-state index contributed by atoms with van der Waals surface area (Å²) in [6.45, 7) is 5.73. The molecule has 4 nitrogen and oxygen atoms in total. The highest BCUT2D eigenvalue weighted by Crippen LogP contribution is 2.09. The molecule has 1 aromatic heterocycles. The molecule has 1 rings (SSSR count). The summed E-state index contributed by atoms with van der Waals surface area (Å²) in [5, 5.41) is 4.36. The molecule has 5 heteroatoms. The lowest BCUT2D eigenvalue weighted by molar-refractivity contribution is 0.145. The maximum atomic E-state index is 5.24. The molecule has 0 unspecified atom stereocenters. The van der Waals surface area contributed by atoms with Gasteiger partial charge in [0, 0.05) is 37.9 Å². The Hall–Kier alpha value is -0.520. The first kappa shape index (κ1) is 12.5. The Labute approximate surface area is 95.2 Å². The number of aromatic nitrogens is 2. The predicted octanol–water partition coefficient (Wildman–Crippen LogP) is 1.52. The zero-order chi connectivity index (χ0) is 10.8. The lowest BCUT2D eigenvalue weighted by Gasteiger charge is -2.03. The van der Waals surface area contributed by atoms with Gasteiger partial charge in [-0.1, -0.05) is 11.8 Å². The molecule has 0 radical (unpaired) electrons. The SMILES string of the molecule is CCOCCCNCCSc1ncc[nH]1. The molecule has 0 bridgehead atoms. The quantitative estimate of drug-likeness (QED) is 0.498. The van der Waals surface area contributed by atoms with Crippen molar-refractivity contribution in [2.24, 2.45) is 0 Å². The highest BCUT2D eigenvalue weighted by atomic mass is 32.2. The van der Waals surface area contributed by atoms with E-state index in [1.54, 1.807) is 18.0 Å². The molecular formula is C10H19N3OS. The van der Waals surface area contributed by atoms with Crippen LogP contribution >= 0.6 is 11.8 Å². The average molecular weight is 229 g/mol. The molecule has 0 aliphatic carbocycles. The van der Waals surface area contributed by atoms with Gasteiger partial charge in [0.15, 0.2) is 5.16 Å². The smallest absolute Gasteiger partial charge is 0.165 e. The molecule has 1 aromatic rings. The van der Waals surface area contributed by atoms with Gasteiger partial charge in [-0.15, -0.1) is 0 Å². The summed E-state index contributed by atoms with van der Waals surface area (Å²) in [5.74, 6) is 1.04. The number of rotatable bonds is 9. The number of aromatic amines is 1. The third-order valence-electron chi connectivity index (χ3n) is 1.84. The van der Waals surface area contributed by atoms with Gasteiger partial charge >= 0.3 is 0 Å². The van der Waals surface area contributed by atoms with E-state index in [1.807, 2.05) is 13.1 Å². The molecule has 0 aromatic carbocycles. The number of nitrogens with zero attached hydrogens (tertiary/aromatic N) is 1. The van der Waals surface area contributed by atoms with Crippen molar-refractivity contribution in [3.05, 3.63) is 12.4 Å². The molecule has 0 spiro atoms. The van der Waals surface area contributed by atoms with Gasteiger partial charge in [-0.2, -0.15) is 0 Å². The minimum absolute atomic E-state index is 0.814. The normalized spacial score (nSPS) is 10.7. The summed E-state index contributed by atoms with van der Waals surface area (Å²) in [6.07, 6.45) is 4.70. The molecular weight excluding hydrogens is 210 g/mol. The highest BCUT2D eigenvalue weighted by molar-refractivity contribution is 7.99. The van der Waals surface area contributed by atoms with E-state index >= 15 is 0 Å². The minimum atomic E-state index is 0.814. The van der Waals surface area contributed by atoms with E-state index in [9.17, 15) is 0 Å². The standard InChI is InChI=1S/C10H19N3OS/c1-2-14-8-3-4-11-7-9-15-10-12-5-6-13-10/h5-6,11H,2-4,7-9H2,1H3,(H,12,13). The van der Waals surface area contributed by atoms with Crippen molar-refractivity contribution < 1.29 is 4.74 Å². The Morgan fingerprint density at radius 3 is 3.20 bits per heavy atom. The monoisotopic (exact) mass is 229 g/mol. The highest BCUT2D eigenvalue weighted by Gasteiger charge is 1.94. The minimum Gasteiger partial charge on any atom is -0.382 e. The lowest BCUT2D eigenvalue weighted by atomic mass is 10.4. The number of thioether (sulfide) groups is 1. The zero-order valence-corrected chi connectivity index (χ0v) is 9.98. The van der Waals surface area contributed by atoms with Crippen LogP contribution in [0, 0.1) is 0 Å². The summed E-state index contributed by atoms with van der Waals surface area (Å²) < 4.78 is 5.24. The van der Waals surface area contributed by atoms with Crippen LogP contribution in [0.4, 0.5) is 0 Å². The second-order valence-corrected chi connectivity index (χ2v) is 4.13. The Morgan fingerprint density at radius 1 is 1.53 bits per heavy atom. The van der Waals surface area contributed by atoms with Crippen LogP contribution < -0.4 is 5.32 Å². The zero-order valence-electron chi connectivity index (χ0n) is 9.16. The van der Waals surface area contributed by atoms with Crippen molar-refractivity contribution in [2.45, 2.75) is 18.5 Å². The van der Waals surface area contributed by atoms with Crippen LogP contribution in [-0.4, -0.2) is 42.0 Å². The number of imidazole rings is 1. The van der Waals surface area contributed by atoms with Gasteiger partial charge in [0.25, 0.3) is 0 Å². The molecule has 0 amide bonds. The molecule has 2 N–H and O–H groups in total. The predicted molar refractivity (Wildman–Crippen MR) is 63.3 cm³/mol. The largest absolute Gasteiger partial charge is 0.382 e. The van der Waals surface area contributed by atoms with E-state index in [1.165, 1.54) is 0 Å². The average Bonchev–Trinajstić information content (AvgIpc) is 2.75. The molecule has 1 heterocycles. The second-order valence-electron chi connectivity index (χ2n) is 3.04. The number of hydrogen-bond donors (Lipinski definition) is 2. The van der Waals surface area contributed by atoms with Crippen LogP contribution in [0.5, 0.6) is 0 Å². The number of ether oxygens (including phenoxy) is 1. The van der Waals surface area contributed by atoms with Gasteiger partial charge in [0.1, 0.15) is 0 Å². The van der Waals surface area contributed by atoms with E-state index in [2.05, 4.69) is 15.3 Å². The van der Waals surface area contributed by atoms with Gasteiger partial charge in [0.2, 0.25) is 0 Å². The van der Waals surface area contributed by atoms with Gasteiger partial charge in [-0.25, -0.2) is 4.98 Å². The van der Waals surface area contributed by atoms with Gasteiger partial charge in [-0.3, -0.25) is 0 Å². The van der Waals surface area contributed by atoms with Crippen molar-refractivity contribution >= 4 is 11.8 Å². The van der Waals surface area contributed by atoms with E-state index in [4.69, 9.17) is 4.74 Å². The van der Waals surface area contributed by atoms with E-state index in [0.717, 1.165) is 43.6 Å². The van der Waals surface area contributed by atoms with Gasteiger partial charge < -0.3 is 15.0 Å². The van der Waals surface area contributed by atoms with E-state index < -0.39 is 0 Å². The lowest BCUT2D eigenvalue weighted by Crippen LogP contribution is -2.19. The first-order chi connectivity index (χ1) is 7.43. The first-order valence-corrected chi connectivity index (χ1v) is 6.32. The van der Waals surface area contributed by atoms with Gasteiger partial charge in [-0.05, 0) is 19.9 Å². The Kier molecular flexibility index (Phi) is 7.33. The summed E-state index contributed by atoms with van der Waals surface area (Å²) >= 11 is 1.73. The van der Waals surface area contributed by atoms with E-state index in [-0.39, 0.29) is 0 Å². The van der Waals surface area contributed by atoms with E-state index in [0.29, 0.717) is 0 Å². The van der Waals surface area contributed by atoms with Gasteiger partial charge in [0.05, 0.1) is 0 Å². The second kappa shape index (κ2) is 8.76. The van der Waals surface area contributed by atoms with Crippen molar-refractivity contribution in [1.29, 1.82) is 0 Å². The van der Waals surface area contributed by atoms with Crippen LogP contribution in [0.15, 0.2) is 17.6 Å². The van der Waals surface area contributed by atoms with Crippen LogP contribution in [-0.2, 0) is 4.74 Å². The first-order valence-electron chi connectivity index (χ1n) is 5.34. The Bertz CT molecular complexity index is 229. The Morgan fingerprint density at radius 2 is 2.47 bits per heavy atom. The topological polar surface area (TPSA) is 49.9 Å². The third-order valence-corrected chi connectivity index (χ3v) is 2.74. The van der Waals surface area contributed by atoms with Crippen LogP contribution in [0.2, 0.25) is 0 Å². The molecule has 0 saturated carbocycles. The van der Waals surface area contributed by atoms with Crippen molar-refractivity contribution in [1.82, 2.24) is 15.3 Å². The molecule has 0 saturated heterocycles. The van der Waals surface area contributed by atoms with Crippen LogP contribution in [0.3, 0.4) is 0 Å². The fourth-order valence-corrected chi connectivity index (χ4v) is 1.84. The summed E-state index contributed by atoms with van der Waals surface area (Å²) in [5.41, 5.74) is 0. The maximum Gasteiger partial charge on any atom is 0.165 e. The van der Waals surface area contributed by atoms with Crippen LogP contribution in [0.1, 0.15) is 13.3 Å². The molecule has 0 fully saturated rings. The molecule has 0 atom stereocenters. The van der Waals surface area contributed by atoms with Crippen LogP contribution in [0.25, 0.3) is 0 Å². The van der Waals surface area contributed by atoms with Crippen molar-refractivity contribution in [3.63, 3.8) is 0 Å². The third kappa shape index (κ3) is 6.54. The summed E-state index contributed by atoms with van der Waals surface area (Å²) in [4.78, 5) is 7.19. The molecule has 0 aliphatic rings. The molecule has 86 valence electrons. The number of hydrogen-bond acceptors (Lipinski definition) is 4. The fraction of sp³-hybridized carbons (Fsp3) is 0.700.